The van der Waals surface area contributed by atoms with E-state index in [9.17, 15) is 9.59 Å². The van der Waals surface area contributed by atoms with Gasteiger partial charge >= 0.3 is 5.97 Å². The Morgan fingerprint density at radius 1 is 1.35 bits per heavy atom. The maximum atomic E-state index is 12.9. The van der Waals surface area contributed by atoms with Gasteiger partial charge in [0.1, 0.15) is 5.75 Å². The van der Waals surface area contributed by atoms with E-state index in [0.29, 0.717) is 24.5 Å². The van der Waals surface area contributed by atoms with Crippen molar-refractivity contribution in [2.75, 3.05) is 26.9 Å². The molecule has 1 fully saturated rings. The van der Waals surface area contributed by atoms with Gasteiger partial charge in [0, 0.05) is 31.4 Å². The molecule has 1 N–H and O–H groups in total. The summed E-state index contributed by atoms with van der Waals surface area (Å²) in [7, 11) is 1.57. The van der Waals surface area contributed by atoms with E-state index in [4.69, 9.17) is 14.6 Å². The lowest BCUT2D eigenvalue weighted by Gasteiger charge is -2.34. The number of aliphatic carboxylic acids is 1. The van der Waals surface area contributed by atoms with Crippen molar-refractivity contribution in [1.82, 2.24) is 4.90 Å². The molecule has 0 spiro atoms. The highest BCUT2D eigenvalue weighted by Gasteiger charge is 2.27. The molecule has 1 aliphatic rings. The summed E-state index contributed by atoms with van der Waals surface area (Å²) in [5, 5.41) is 8.95. The van der Waals surface area contributed by atoms with Gasteiger partial charge in [0.15, 0.2) is 0 Å². The largest absolute Gasteiger partial charge is 0.496 e. The van der Waals surface area contributed by atoms with Crippen LogP contribution in [0.2, 0.25) is 0 Å². The molecule has 126 valence electrons. The molecule has 6 heteroatoms. The maximum Gasteiger partial charge on any atom is 0.305 e. The van der Waals surface area contributed by atoms with Crippen LogP contribution in [0.25, 0.3) is 0 Å². The van der Waals surface area contributed by atoms with Crippen molar-refractivity contribution in [3.8, 4) is 5.75 Å². The molecule has 1 aromatic rings. The monoisotopic (exact) mass is 321 g/mol. The fourth-order valence-corrected chi connectivity index (χ4v) is 2.78. The van der Waals surface area contributed by atoms with Crippen LogP contribution in [-0.2, 0) is 9.53 Å². The fourth-order valence-electron chi connectivity index (χ4n) is 2.78. The predicted octanol–water partition coefficient (Wildman–Crippen LogP) is 2.10. The molecular formula is C17H23NO5. The highest BCUT2D eigenvalue weighted by atomic mass is 16.5. The number of hydrogen-bond acceptors (Lipinski definition) is 4. The molecule has 0 saturated carbocycles. The second-order valence-electron chi connectivity index (χ2n) is 5.67. The summed E-state index contributed by atoms with van der Waals surface area (Å²) in [4.78, 5) is 25.4. The normalized spacial score (nSPS) is 15.2. The summed E-state index contributed by atoms with van der Waals surface area (Å²) in [6.45, 7) is 3.31. The van der Waals surface area contributed by atoms with Crippen molar-refractivity contribution in [2.24, 2.45) is 0 Å². The van der Waals surface area contributed by atoms with Gasteiger partial charge in [-0.1, -0.05) is 6.07 Å². The fraction of sp³-hybridized carbons (Fsp3) is 0.529. The topological polar surface area (TPSA) is 76.1 Å². The summed E-state index contributed by atoms with van der Waals surface area (Å²) >= 11 is 0. The standard InChI is InChI=1S/C17H23NO5/c1-12-3-4-13(11-15(12)22-2)17(21)18(8-5-16(19)20)14-6-9-23-10-7-14/h3-4,11,14H,5-10H2,1-2H3,(H,19,20). The lowest BCUT2D eigenvalue weighted by Crippen LogP contribution is -2.44. The van der Waals surface area contributed by atoms with E-state index in [2.05, 4.69) is 0 Å². The van der Waals surface area contributed by atoms with Gasteiger partial charge in [0.25, 0.3) is 5.91 Å². The minimum absolute atomic E-state index is 0.0166. The summed E-state index contributed by atoms with van der Waals surface area (Å²) in [5.74, 6) is -0.409. The summed E-state index contributed by atoms with van der Waals surface area (Å²) in [6.07, 6.45) is 1.40. The molecule has 0 radical (unpaired) electrons. The van der Waals surface area contributed by atoms with Crippen LogP contribution in [0.1, 0.15) is 35.2 Å². The van der Waals surface area contributed by atoms with Crippen molar-refractivity contribution in [2.45, 2.75) is 32.2 Å². The lowest BCUT2D eigenvalue weighted by atomic mass is 10.0. The average Bonchev–Trinajstić information content (AvgIpc) is 2.56. The average molecular weight is 321 g/mol. The van der Waals surface area contributed by atoms with Crippen LogP contribution in [0.3, 0.4) is 0 Å². The van der Waals surface area contributed by atoms with Crippen LogP contribution in [0, 0.1) is 6.92 Å². The number of carboxylic acids is 1. The Kier molecular flexibility index (Phi) is 5.98. The number of aryl methyl sites for hydroxylation is 1. The summed E-state index contributed by atoms with van der Waals surface area (Å²) in [5.41, 5.74) is 1.47. The Labute approximate surface area is 136 Å². The van der Waals surface area contributed by atoms with E-state index < -0.39 is 5.97 Å². The molecule has 0 unspecified atom stereocenters. The van der Waals surface area contributed by atoms with Gasteiger partial charge in [-0.3, -0.25) is 9.59 Å². The zero-order valence-corrected chi connectivity index (χ0v) is 13.6. The van der Waals surface area contributed by atoms with Crippen molar-refractivity contribution in [1.29, 1.82) is 0 Å². The minimum atomic E-state index is -0.906. The van der Waals surface area contributed by atoms with Crippen LogP contribution in [-0.4, -0.2) is 54.8 Å². The number of carboxylic acid groups (broad SMARTS) is 1. The third kappa shape index (κ3) is 4.45. The van der Waals surface area contributed by atoms with E-state index in [1.807, 2.05) is 13.0 Å². The SMILES string of the molecule is COc1cc(C(=O)N(CCC(=O)O)C2CCOCC2)ccc1C. The van der Waals surface area contributed by atoms with Gasteiger partial charge in [0.05, 0.1) is 13.5 Å². The number of carbonyl (C=O) groups excluding carboxylic acids is 1. The van der Waals surface area contributed by atoms with Gasteiger partial charge in [0.2, 0.25) is 0 Å². The number of methoxy groups -OCH3 is 1. The minimum Gasteiger partial charge on any atom is -0.496 e. The number of amides is 1. The first kappa shape index (κ1) is 17.3. The molecule has 6 nitrogen and oxygen atoms in total. The zero-order valence-electron chi connectivity index (χ0n) is 13.6. The smallest absolute Gasteiger partial charge is 0.305 e. The first-order chi connectivity index (χ1) is 11.0. The van der Waals surface area contributed by atoms with Gasteiger partial charge in [-0.2, -0.15) is 0 Å². The number of nitrogens with zero attached hydrogens (tertiary/aromatic N) is 1. The van der Waals surface area contributed by atoms with Gasteiger partial charge in [-0.05, 0) is 37.5 Å². The number of carbonyl (C=O) groups is 2. The second-order valence-corrected chi connectivity index (χ2v) is 5.67. The van der Waals surface area contributed by atoms with Crippen LogP contribution in [0.15, 0.2) is 18.2 Å². The first-order valence-corrected chi connectivity index (χ1v) is 7.78. The van der Waals surface area contributed by atoms with Crippen molar-refractivity contribution in [3.05, 3.63) is 29.3 Å². The number of rotatable bonds is 6. The Morgan fingerprint density at radius 2 is 2.04 bits per heavy atom. The molecule has 1 heterocycles. The number of benzene rings is 1. The third-order valence-corrected chi connectivity index (χ3v) is 4.11. The van der Waals surface area contributed by atoms with E-state index in [1.165, 1.54) is 0 Å². The van der Waals surface area contributed by atoms with Crippen molar-refractivity contribution in [3.63, 3.8) is 0 Å². The Morgan fingerprint density at radius 3 is 2.65 bits per heavy atom. The molecule has 1 aromatic carbocycles. The molecular weight excluding hydrogens is 298 g/mol. The van der Waals surface area contributed by atoms with E-state index in [-0.39, 0.29) is 24.9 Å². The molecule has 0 aliphatic carbocycles. The van der Waals surface area contributed by atoms with E-state index in [0.717, 1.165) is 18.4 Å². The highest BCUT2D eigenvalue weighted by molar-refractivity contribution is 5.95. The van der Waals surface area contributed by atoms with Crippen LogP contribution >= 0.6 is 0 Å². The highest BCUT2D eigenvalue weighted by Crippen LogP contribution is 2.23. The molecule has 23 heavy (non-hydrogen) atoms. The first-order valence-electron chi connectivity index (χ1n) is 7.78. The Balaban J connectivity index is 2.22. The predicted molar refractivity (Wildman–Crippen MR) is 84.9 cm³/mol. The molecule has 1 amide bonds. The van der Waals surface area contributed by atoms with Gasteiger partial charge in [-0.15, -0.1) is 0 Å². The van der Waals surface area contributed by atoms with Crippen LogP contribution in [0.5, 0.6) is 5.75 Å². The van der Waals surface area contributed by atoms with E-state index in [1.54, 1.807) is 24.1 Å². The van der Waals surface area contributed by atoms with Crippen molar-refractivity contribution >= 4 is 11.9 Å². The molecule has 0 aromatic heterocycles. The Hall–Kier alpha value is -2.08. The quantitative estimate of drug-likeness (QED) is 0.868. The molecule has 1 saturated heterocycles. The van der Waals surface area contributed by atoms with Gasteiger partial charge in [-0.25, -0.2) is 0 Å². The number of hydrogen-bond donors (Lipinski definition) is 1. The summed E-state index contributed by atoms with van der Waals surface area (Å²) < 4.78 is 10.6. The van der Waals surface area contributed by atoms with Gasteiger partial charge < -0.3 is 19.5 Å². The molecule has 1 aliphatic heterocycles. The van der Waals surface area contributed by atoms with Crippen LogP contribution in [0.4, 0.5) is 0 Å². The summed E-state index contributed by atoms with van der Waals surface area (Å²) in [6, 6.07) is 5.33. The maximum absolute atomic E-state index is 12.9. The van der Waals surface area contributed by atoms with Crippen LogP contribution < -0.4 is 4.74 Å². The number of ether oxygens (including phenoxy) is 2. The lowest BCUT2D eigenvalue weighted by molar-refractivity contribution is -0.137. The van der Waals surface area contributed by atoms with E-state index >= 15 is 0 Å². The molecule has 0 bridgehead atoms. The van der Waals surface area contributed by atoms with Crippen molar-refractivity contribution < 1.29 is 24.2 Å². The second kappa shape index (κ2) is 7.97. The molecule has 0 atom stereocenters. The Bertz CT molecular complexity index is 566. The zero-order chi connectivity index (χ0) is 16.8. The molecule has 2 rings (SSSR count). The third-order valence-electron chi connectivity index (χ3n) is 4.11.